The van der Waals surface area contributed by atoms with Gasteiger partial charge in [-0.3, -0.25) is 0 Å². The fourth-order valence-electron chi connectivity index (χ4n) is 1.92. The van der Waals surface area contributed by atoms with Crippen molar-refractivity contribution in [2.24, 2.45) is 0 Å². The number of aromatic carboxylic acids is 1. The van der Waals surface area contributed by atoms with Crippen LogP contribution in [-0.2, 0) is 0 Å². The number of carbonyl (C=O) groups is 1. The molecule has 0 atom stereocenters. The van der Waals surface area contributed by atoms with E-state index in [4.69, 9.17) is 15.9 Å². The normalized spacial score (nSPS) is 14.6. The molecule has 1 aromatic carbocycles. The minimum absolute atomic E-state index is 0.0588. The molecule has 17 heavy (non-hydrogen) atoms. The predicted octanol–water partition coefficient (Wildman–Crippen LogP) is 0.928. The molecule has 1 aliphatic carbocycles. The third-order valence-corrected chi connectivity index (χ3v) is 2.93. The topological polar surface area (TPSA) is 86.8 Å². The van der Waals surface area contributed by atoms with Crippen molar-refractivity contribution in [1.82, 2.24) is 0 Å². The summed E-state index contributed by atoms with van der Waals surface area (Å²) in [7, 11) is 0. The summed E-state index contributed by atoms with van der Waals surface area (Å²) in [5.74, 6) is -1.02. The molecule has 5 heteroatoms. The lowest BCUT2D eigenvalue weighted by atomic mass is 10.1. The SMILES string of the molecule is Nc1ccc(N(CCO)C2CC2)cc1C(=O)O. The maximum atomic E-state index is 11.0. The summed E-state index contributed by atoms with van der Waals surface area (Å²) in [6, 6.07) is 5.40. The average molecular weight is 236 g/mol. The highest BCUT2D eigenvalue weighted by Gasteiger charge is 2.29. The highest BCUT2D eigenvalue weighted by Crippen LogP contribution is 2.32. The Morgan fingerprint density at radius 3 is 2.71 bits per heavy atom. The third kappa shape index (κ3) is 2.50. The van der Waals surface area contributed by atoms with Gasteiger partial charge in [0.15, 0.2) is 0 Å². The zero-order valence-corrected chi connectivity index (χ0v) is 9.47. The molecule has 0 aliphatic heterocycles. The minimum atomic E-state index is -1.02. The summed E-state index contributed by atoms with van der Waals surface area (Å²) in [6.07, 6.45) is 2.18. The molecule has 0 amide bonds. The number of nitrogens with two attached hydrogens (primary N) is 1. The first kappa shape index (κ1) is 11.7. The summed E-state index contributed by atoms with van der Waals surface area (Å²) in [6.45, 7) is 0.580. The van der Waals surface area contributed by atoms with Crippen molar-refractivity contribution < 1.29 is 15.0 Å². The number of aliphatic hydroxyl groups excluding tert-OH is 1. The van der Waals surface area contributed by atoms with E-state index in [-0.39, 0.29) is 17.9 Å². The van der Waals surface area contributed by atoms with E-state index in [9.17, 15) is 4.79 Å². The average Bonchev–Trinajstić information content (AvgIpc) is 3.10. The Kier molecular flexibility index (Phi) is 3.19. The van der Waals surface area contributed by atoms with Gasteiger partial charge in [0.2, 0.25) is 0 Å². The first-order valence-corrected chi connectivity index (χ1v) is 5.64. The van der Waals surface area contributed by atoms with Gasteiger partial charge in [-0.15, -0.1) is 0 Å². The van der Waals surface area contributed by atoms with Crippen LogP contribution in [0.15, 0.2) is 18.2 Å². The molecular weight excluding hydrogens is 220 g/mol. The van der Waals surface area contributed by atoms with Crippen LogP contribution in [0, 0.1) is 0 Å². The van der Waals surface area contributed by atoms with Gasteiger partial charge >= 0.3 is 5.97 Å². The lowest BCUT2D eigenvalue weighted by Crippen LogP contribution is -2.29. The van der Waals surface area contributed by atoms with E-state index in [1.165, 1.54) is 0 Å². The number of rotatable bonds is 5. The number of anilines is 2. The van der Waals surface area contributed by atoms with Crippen LogP contribution in [-0.4, -0.2) is 35.4 Å². The maximum Gasteiger partial charge on any atom is 0.337 e. The zero-order valence-electron chi connectivity index (χ0n) is 9.47. The first-order valence-electron chi connectivity index (χ1n) is 5.64. The van der Waals surface area contributed by atoms with Gasteiger partial charge in [0, 0.05) is 24.0 Å². The van der Waals surface area contributed by atoms with Crippen LogP contribution in [0.25, 0.3) is 0 Å². The van der Waals surface area contributed by atoms with Crippen LogP contribution in [0.2, 0.25) is 0 Å². The molecule has 1 fully saturated rings. The second-order valence-electron chi connectivity index (χ2n) is 4.22. The Morgan fingerprint density at radius 2 is 2.18 bits per heavy atom. The Morgan fingerprint density at radius 1 is 1.47 bits per heavy atom. The molecular formula is C12H16N2O3. The standard InChI is InChI=1S/C12H16N2O3/c13-11-4-3-9(7-10(11)12(16)17)14(5-6-15)8-1-2-8/h3-4,7-8,15H,1-2,5-6,13H2,(H,16,17). The number of hydrogen-bond acceptors (Lipinski definition) is 4. The quantitative estimate of drug-likeness (QED) is 0.662. The number of aliphatic hydroxyl groups is 1. The molecule has 1 saturated carbocycles. The Labute approximate surface area is 99.5 Å². The lowest BCUT2D eigenvalue weighted by molar-refractivity contribution is 0.0698. The van der Waals surface area contributed by atoms with E-state index in [1.807, 2.05) is 4.90 Å². The van der Waals surface area contributed by atoms with Crippen molar-refractivity contribution in [3.63, 3.8) is 0 Å². The van der Waals surface area contributed by atoms with E-state index < -0.39 is 5.97 Å². The molecule has 0 saturated heterocycles. The first-order chi connectivity index (χ1) is 8.13. The van der Waals surface area contributed by atoms with Gasteiger partial charge in [0.25, 0.3) is 0 Å². The molecule has 0 unspecified atom stereocenters. The largest absolute Gasteiger partial charge is 0.478 e. The van der Waals surface area contributed by atoms with Crippen LogP contribution in [0.3, 0.4) is 0 Å². The van der Waals surface area contributed by atoms with Gasteiger partial charge in [0.1, 0.15) is 0 Å². The minimum Gasteiger partial charge on any atom is -0.478 e. The number of carboxylic acid groups (broad SMARTS) is 1. The summed E-state index contributed by atoms with van der Waals surface area (Å²) >= 11 is 0. The van der Waals surface area contributed by atoms with E-state index in [1.54, 1.807) is 18.2 Å². The molecule has 0 heterocycles. The molecule has 4 N–H and O–H groups in total. The lowest BCUT2D eigenvalue weighted by Gasteiger charge is -2.24. The van der Waals surface area contributed by atoms with Gasteiger partial charge < -0.3 is 20.8 Å². The van der Waals surface area contributed by atoms with Crippen molar-refractivity contribution in [3.05, 3.63) is 23.8 Å². The predicted molar refractivity (Wildman–Crippen MR) is 65.3 cm³/mol. The Hall–Kier alpha value is -1.75. The monoisotopic (exact) mass is 236 g/mol. The molecule has 0 spiro atoms. The van der Waals surface area contributed by atoms with E-state index in [2.05, 4.69) is 0 Å². The maximum absolute atomic E-state index is 11.0. The van der Waals surface area contributed by atoms with Crippen LogP contribution >= 0.6 is 0 Å². The summed E-state index contributed by atoms with van der Waals surface area (Å²) < 4.78 is 0. The summed E-state index contributed by atoms with van der Waals surface area (Å²) in [5, 5.41) is 18.0. The van der Waals surface area contributed by atoms with Crippen molar-refractivity contribution >= 4 is 17.3 Å². The number of nitrogens with zero attached hydrogens (tertiary/aromatic N) is 1. The van der Waals surface area contributed by atoms with Gasteiger partial charge in [0.05, 0.1) is 12.2 Å². The smallest absolute Gasteiger partial charge is 0.337 e. The fraction of sp³-hybridized carbons (Fsp3) is 0.417. The molecule has 0 bridgehead atoms. The zero-order chi connectivity index (χ0) is 12.4. The Balaban J connectivity index is 2.30. The second-order valence-corrected chi connectivity index (χ2v) is 4.22. The van der Waals surface area contributed by atoms with Crippen LogP contribution < -0.4 is 10.6 Å². The molecule has 5 nitrogen and oxygen atoms in total. The van der Waals surface area contributed by atoms with Crippen molar-refractivity contribution in [3.8, 4) is 0 Å². The van der Waals surface area contributed by atoms with Crippen molar-refractivity contribution in [2.45, 2.75) is 18.9 Å². The highest BCUT2D eigenvalue weighted by molar-refractivity contribution is 5.94. The molecule has 92 valence electrons. The van der Waals surface area contributed by atoms with Gasteiger partial charge in [-0.2, -0.15) is 0 Å². The summed E-state index contributed by atoms with van der Waals surface area (Å²) in [4.78, 5) is 13.0. The molecule has 0 radical (unpaired) electrons. The van der Waals surface area contributed by atoms with E-state index in [0.717, 1.165) is 18.5 Å². The number of benzene rings is 1. The number of nitrogen functional groups attached to an aromatic ring is 1. The third-order valence-electron chi connectivity index (χ3n) is 2.93. The van der Waals surface area contributed by atoms with E-state index in [0.29, 0.717) is 12.6 Å². The van der Waals surface area contributed by atoms with Crippen molar-refractivity contribution in [1.29, 1.82) is 0 Å². The highest BCUT2D eigenvalue weighted by atomic mass is 16.4. The molecule has 0 aromatic heterocycles. The Bertz CT molecular complexity index is 430. The molecule has 1 aromatic rings. The number of hydrogen-bond donors (Lipinski definition) is 3. The summed E-state index contributed by atoms with van der Waals surface area (Å²) in [5.41, 5.74) is 6.80. The second kappa shape index (κ2) is 4.63. The van der Waals surface area contributed by atoms with Crippen LogP contribution in [0.4, 0.5) is 11.4 Å². The molecule has 1 aliphatic rings. The molecule has 2 rings (SSSR count). The van der Waals surface area contributed by atoms with Gasteiger partial charge in [-0.05, 0) is 31.0 Å². The van der Waals surface area contributed by atoms with Gasteiger partial charge in [-0.1, -0.05) is 0 Å². The fourth-order valence-corrected chi connectivity index (χ4v) is 1.92. The van der Waals surface area contributed by atoms with E-state index >= 15 is 0 Å². The van der Waals surface area contributed by atoms with Crippen LogP contribution in [0.5, 0.6) is 0 Å². The number of carboxylic acids is 1. The van der Waals surface area contributed by atoms with Crippen molar-refractivity contribution in [2.75, 3.05) is 23.8 Å². The van der Waals surface area contributed by atoms with Gasteiger partial charge in [-0.25, -0.2) is 4.79 Å². The van der Waals surface area contributed by atoms with Crippen LogP contribution in [0.1, 0.15) is 23.2 Å².